The maximum absolute atomic E-state index is 12.8. The number of rotatable bonds is 2. The second kappa shape index (κ2) is 4.91. The fourth-order valence-corrected chi connectivity index (χ4v) is 1.35. The van der Waals surface area contributed by atoms with Crippen LogP contribution in [0.1, 0.15) is 13.8 Å². The van der Waals surface area contributed by atoms with Crippen molar-refractivity contribution < 1.29 is 4.39 Å². The molecule has 0 aliphatic carbocycles. The summed E-state index contributed by atoms with van der Waals surface area (Å²) in [6.45, 7) is 3.97. The molecule has 0 atom stereocenters. The van der Waals surface area contributed by atoms with Crippen LogP contribution in [0.4, 0.5) is 10.1 Å². The van der Waals surface area contributed by atoms with Gasteiger partial charge < -0.3 is 10.6 Å². The summed E-state index contributed by atoms with van der Waals surface area (Å²) in [7, 11) is 0. The molecule has 1 aromatic carbocycles. The molecule has 0 bridgehead atoms. The van der Waals surface area contributed by atoms with Crippen molar-refractivity contribution in [3.8, 4) is 0 Å². The normalized spacial score (nSPS) is 10.0. The SMILES string of the molecule is CC(C)NC(=S)Nc1cccc(F)c1. The van der Waals surface area contributed by atoms with Gasteiger partial charge in [-0.05, 0) is 44.3 Å². The van der Waals surface area contributed by atoms with Gasteiger partial charge in [0.25, 0.3) is 0 Å². The number of hydrogen-bond acceptors (Lipinski definition) is 1. The molecule has 14 heavy (non-hydrogen) atoms. The molecule has 76 valence electrons. The van der Waals surface area contributed by atoms with Crippen molar-refractivity contribution in [2.24, 2.45) is 0 Å². The lowest BCUT2D eigenvalue weighted by Crippen LogP contribution is -2.33. The number of anilines is 1. The molecule has 0 fully saturated rings. The standard InChI is InChI=1S/C10H13FN2S/c1-7(2)12-10(14)13-9-5-3-4-8(11)6-9/h3-7H,1-2H3,(H2,12,13,14). The van der Waals surface area contributed by atoms with Crippen LogP contribution in [0.3, 0.4) is 0 Å². The number of hydrogen-bond donors (Lipinski definition) is 2. The Morgan fingerprint density at radius 1 is 1.43 bits per heavy atom. The summed E-state index contributed by atoms with van der Waals surface area (Å²) in [6.07, 6.45) is 0. The molecule has 2 N–H and O–H groups in total. The molecule has 0 amide bonds. The lowest BCUT2D eigenvalue weighted by molar-refractivity contribution is 0.628. The molecule has 0 spiro atoms. The zero-order chi connectivity index (χ0) is 10.6. The lowest BCUT2D eigenvalue weighted by Gasteiger charge is -2.12. The van der Waals surface area contributed by atoms with E-state index in [0.717, 1.165) is 0 Å². The Balaban J connectivity index is 2.56. The molecule has 1 aromatic rings. The minimum atomic E-state index is -0.276. The van der Waals surface area contributed by atoms with Crippen LogP contribution in [0.25, 0.3) is 0 Å². The molecule has 0 radical (unpaired) electrons. The fraction of sp³-hybridized carbons (Fsp3) is 0.300. The summed E-state index contributed by atoms with van der Waals surface area (Å²) in [4.78, 5) is 0. The zero-order valence-electron chi connectivity index (χ0n) is 8.17. The van der Waals surface area contributed by atoms with Gasteiger partial charge in [-0.3, -0.25) is 0 Å². The third kappa shape index (κ3) is 3.70. The number of thiocarbonyl (C=S) groups is 1. The first kappa shape index (κ1) is 10.9. The molecular formula is C10H13FN2S. The summed E-state index contributed by atoms with van der Waals surface area (Å²) in [6, 6.07) is 6.45. The van der Waals surface area contributed by atoms with Crippen molar-refractivity contribution in [2.75, 3.05) is 5.32 Å². The van der Waals surface area contributed by atoms with Gasteiger partial charge in [-0.15, -0.1) is 0 Å². The van der Waals surface area contributed by atoms with Crippen molar-refractivity contribution in [3.63, 3.8) is 0 Å². The van der Waals surface area contributed by atoms with Gasteiger partial charge in [0.2, 0.25) is 0 Å². The van der Waals surface area contributed by atoms with Crippen LogP contribution >= 0.6 is 12.2 Å². The van der Waals surface area contributed by atoms with Crippen molar-refractivity contribution in [2.45, 2.75) is 19.9 Å². The van der Waals surface area contributed by atoms with Gasteiger partial charge in [-0.1, -0.05) is 6.07 Å². The highest BCUT2D eigenvalue weighted by Crippen LogP contribution is 2.08. The van der Waals surface area contributed by atoms with Crippen molar-refractivity contribution in [1.82, 2.24) is 5.32 Å². The summed E-state index contributed by atoms with van der Waals surface area (Å²) >= 11 is 5.01. The Hall–Kier alpha value is -1.16. The van der Waals surface area contributed by atoms with E-state index >= 15 is 0 Å². The predicted molar refractivity (Wildman–Crippen MR) is 60.9 cm³/mol. The smallest absolute Gasteiger partial charge is 0.170 e. The molecule has 0 aliphatic heterocycles. The highest BCUT2D eigenvalue weighted by Gasteiger charge is 1.99. The molecule has 4 heteroatoms. The number of nitrogens with one attached hydrogen (secondary N) is 2. The third-order valence-electron chi connectivity index (χ3n) is 1.50. The van der Waals surface area contributed by atoms with Gasteiger partial charge in [0.1, 0.15) is 5.82 Å². The molecule has 0 saturated carbocycles. The molecule has 0 saturated heterocycles. The Labute approximate surface area is 88.5 Å². The summed E-state index contributed by atoms with van der Waals surface area (Å²) in [5.74, 6) is -0.276. The van der Waals surface area contributed by atoms with Gasteiger partial charge in [-0.2, -0.15) is 0 Å². The van der Waals surface area contributed by atoms with Crippen LogP contribution in [0.15, 0.2) is 24.3 Å². The van der Waals surface area contributed by atoms with Crippen LogP contribution < -0.4 is 10.6 Å². The minimum Gasteiger partial charge on any atom is -0.360 e. The first-order valence-corrected chi connectivity index (χ1v) is 4.82. The molecule has 0 aliphatic rings. The first-order valence-electron chi connectivity index (χ1n) is 4.41. The van der Waals surface area contributed by atoms with Crippen LogP contribution in [-0.2, 0) is 0 Å². The molecule has 0 heterocycles. The Bertz CT molecular complexity index is 326. The Kier molecular flexibility index (Phi) is 3.83. The average molecular weight is 212 g/mol. The Morgan fingerprint density at radius 2 is 2.14 bits per heavy atom. The molecule has 1 rings (SSSR count). The summed E-state index contributed by atoms with van der Waals surface area (Å²) in [5.41, 5.74) is 0.656. The predicted octanol–water partition coefficient (Wildman–Crippen LogP) is 2.52. The Morgan fingerprint density at radius 3 is 2.71 bits per heavy atom. The van der Waals surface area contributed by atoms with Gasteiger partial charge in [-0.25, -0.2) is 4.39 Å². The van der Waals surface area contributed by atoms with E-state index < -0.39 is 0 Å². The highest BCUT2D eigenvalue weighted by atomic mass is 32.1. The van der Waals surface area contributed by atoms with Crippen LogP contribution in [-0.4, -0.2) is 11.2 Å². The number of halogens is 1. The van der Waals surface area contributed by atoms with E-state index in [-0.39, 0.29) is 11.9 Å². The van der Waals surface area contributed by atoms with Gasteiger partial charge in [0, 0.05) is 11.7 Å². The number of benzene rings is 1. The maximum Gasteiger partial charge on any atom is 0.170 e. The topological polar surface area (TPSA) is 24.1 Å². The maximum atomic E-state index is 12.8. The second-order valence-electron chi connectivity index (χ2n) is 3.26. The van der Waals surface area contributed by atoms with E-state index in [9.17, 15) is 4.39 Å². The van der Waals surface area contributed by atoms with E-state index in [4.69, 9.17) is 12.2 Å². The van der Waals surface area contributed by atoms with Crippen LogP contribution in [0.2, 0.25) is 0 Å². The van der Waals surface area contributed by atoms with Crippen LogP contribution in [0, 0.1) is 5.82 Å². The van der Waals surface area contributed by atoms with Gasteiger partial charge >= 0.3 is 0 Å². The van der Waals surface area contributed by atoms with E-state index in [1.54, 1.807) is 12.1 Å². The fourth-order valence-electron chi connectivity index (χ4n) is 0.996. The molecular weight excluding hydrogens is 199 g/mol. The van der Waals surface area contributed by atoms with Crippen molar-refractivity contribution in [1.29, 1.82) is 0 Å². The van der Waals surface area contributed by atoms with E-state index in [2.05, 4.69) is 10.6 Å². The summed E-state index contributed by atoms with van der Waals surface area (Å²) in [5, 5.41) is 6.41. The molecule has 0 aromatic heterocycles. The van der Waals surface area contributed by atoms with Crippen molar-refractivity contribution in [3.05, 3.63) is 30.1 Å². The first-order chi connectivity index (χ1) is 6.58. The zero-order valence-corrected chi connectivity index (χ0v) is 8.99. The van der Waals surface area contributed by atoms with Crippen molar-refractivity contribution >= 4 is 23.0 Å². The van der Waals surface area contributed by atoms with E-state index in [1.165, 1.54) is 12.1 Å². The van der Waals surface area contributed by atoms with E-state index in [0.29, 0.717) is 10.8 Å². The minimum absolute atomic E-state index is 0.267. The molecule has 2 nitrogen and oxygen atoms in total. The second-order valence-corrected chi connectivity index (χ2v) is 3.67. The van der Waals surface area contributed by atoms with Crippen LogP contribution in [0.5, 0.6) is 0 Å². The molecule has 0 unspecified atom stereocenters. The monoisotopic (exact) mass is 212 g/mol. The quantitative estimate of drug-likeness (QED) is 0.737. The largest absolute Gasteiger partial charge is 0.360 e. The highest BCUT2D eigenvalue weighted by molar-refractivity contribution is 7.80. The van der Waals surface area contributed by atoms with Gasteiger partial charge in [0.05, 0.1) is 0 Å². The third-order valence-corrected chi connectivity index (χ3v) is 1.72. The van der Waals surface area contributed by atoms with Gasteiger partial charge in [0.15, 0.2) is 5.11 Å². The summed E-state index contributed by atoms with van der Waals surface area (Å²) < 4.78 is 12.8. The lowest BCUT2D eigenvalue weighted by atomic mass is 10.3. The van der Waals surface area contributed by atoms with E-state index in [1.807, 2.05) is 13.8 Å². The average Bonchev–Trinajstić information content (AvgIpc) is 2.01.